The molecule has 11 heteroatoms. The molecule has 3 rings (SSSR count). The van der Waals surface area contributed by atoms with Crippen molar-refractivity contribution >= 4 is 34.7 Å². The minimum Gasteiger partial charge on any atom is -0.465 e. The van der Waals surface area contributed by atoms with Crippen LogP contribution in [0.2, 0.25) is 0 Å². The average molecular weight is 439 g/mol. The molecule has 0 aliphatic rings. The van der Waals surface area contributed by atoms with Gasteiger partial charge in [-0.1, -0.05) is 18.2 Å². The predicted molar refractivity (Wildman–Crippen MR) is 115 cm³/mol. The van der Waals surface area contributed by atoms with E-state index < -0.39 is 29.5 Å². The molecule has 166 valence electrons. The lowest BCUT2D eigenvalue weighted by Crippen LogP contribution is -2.44. The molecule has 0 saturated carbocycles. The van der Waals surface area contributed by atoms with Crippen molar-refractivity contribution in [2.45, 2.75) is 25.4 Å². The quantitative estimate of drug-likeness (QED) is 0.365. The zero-order valence-electron chi connectivity index (χ0n) is 16.9. The number of carboxylic acid groups (broad SMARTS) is 1. The van der Waals surface area contributed by atoms with Crippen LogP contribution in [-0.4, -0.2) is 38.6 Å². The lowest BCUT2D eigenvalue weighted by molar-refractivity contribution is -0.118. The average Bonchev–Trinajstić information content (AvgIpc) is 3.15. The van der Waals surface area contributed by atoms with Crippen molar-refractivity contribution in [3.05, 3.63) is 71.0 Å². The number of rotatable bonds is 9. The van der Waals surface area contributed by atoms with Gasteiger partial charge in [-0.25, -0.2) is 9.78 Å². The number of carbonyl (C=O) groups is 3. The zero-order valence-corrected chi connectivity index (χ0v) is 16.9. The second kappa shape index (κ2) is 10.1. The van der Waals surface area contributed by atoms with Crippen LogP contribution in [0.4, 0.5) is 10.5 Å². The largest absolute Gasteiger partial charge is 0.465 e. The van der Waals surface area contributed by atoms with E-state index in [4.69, 9.17) is 15.3 Å². The van der Waals surface area contributed by atoms with Gasteiger partial charge in [0.15, 0.2) is 5.58 Å². The molecule has 2 heterocycles. The number of nitrogens with two attached hydrogens (primary N) is 1. The molecular weight excluding hydrogens is 418 g/mol. The number of allylic oxidation sites excluding steroid dienone is 1. The van der Waals surface area contributed by atoms with E-state index in [0.717, 1.165) is 6.08 Å². The minimum atomic E-state index is -1.40. The van der Waals surface area contributed by atoms with Crippen LogP contribution in [0.25, 0.3) is 11.1 Å². The van der Waals surface area contributed by atoms with E-state index in [1.165, 1.54) is 22.9 Å². The summed E-state index contributed by atoms with van der Waals surface area (Å²) in [5.41, 5.74) is 5.71. The number of anilines is 1. The summed E-state index contributed by atoms with van der Waals surface area (Å²) in [6.07, 6.45) is 2.96. The number of hydrogen-bond donors (Lipinski definition) is 4. The molecule has 2 aromatic heterocycles. The van der Waals surface area contributed by atoms with Crippen LogP contribution in [-0.2, 0) is 16.1 Å². The Bertz CT molecular complexity index is 1200. The summed E-state index contributed by atoms with van der Waals surface area (Å²) in [7, 11) is 0. The van der Waals surface area contributed by atoms with E-state index in [2.05, 4.69) is 15.6 Å². The highest BCUT2D eigenvalue weighted by Gasteiger charge is 2.21. The standard InChI is InChI=1S/C21H21N5O6/c22-17(27)10-4-2-7-14(25-21(30)31)19(28)24-15-8-5-11-26(20(15)29)12-18-23-13-6-1-3-9-16(13)32-18/h1,3-6,8-11,14,25H,2,7,12H2,(H2,22,27)(H,24,28)(H,30,31). The third-order valence-electron chi connectivity index (χ3n) is 4.44. The first-order chi connectivity index (χ1) is 15.3. The monoisotopic (exact) mass is 439 g/mol. The van der Waals surface area contributed by atoms with Gasteiger partial charge in [-0.2, -0.15) is 0 Å². The van der Waals surface area contributed by atoms with E-state index in [9.17, 15) is 19.2 Å². The Kier molecular flexibility index (Phi) is 7.01. The zero-order chi connectivity index (χ0) is 23.1. The number of nitrogens with zero attached hydrogens (tertiary/aromatic N) is 2. The van der Waals surface area contributed by atoms with Crippen molar-refractivity contribution in [1.29, 1.82) is 0 Å². The first-order valence-electron chi connectivity index (χ1n) is 9.63. The Morgan fingerprint density at radius 3 is 2.72 bits per heavy atom. The molecule has 0 saturated heterocycles. The lowest BCUT2D eigenvalue weighted by Gasteiger charge is -2.16. The van der Waals surface area contributed by atoms with Crippen LogP contribution in [0.3, 0.4) is 0 Å². The van der Waals surface area contributed by atoms with Gasteiger partial charge >= 0.3 is 6.09 Å². The Balaban J connectivity index is 1.73. The van der Waals surface area contributed by atoms with Crippen LogP contribution in [0.15, 0.2) is 64.0 Å². The number of oxazole rings is 1. The maximum Gasteiger partial charge on any atom is 0.405 e. The smallest absolute Gasteiger partial charge is 0.405 e. The highest BCUT2D eigenvalue weighted by molar-refractivity contribution is 5.96. The van der Waals surface area contributed by atoms with Gasteiger partial charge in [-0.05, 0) is 43.2 Å². The summed E-state index contributed by atoms with van der Waals surface area (Å²) < 4.78 is 6.94. The normalized spacial score (nSPS) is 12.0. The Labute approximate surface area is 181 Å². The molecule has 3 aromatic rings. The molecule has 3 amide bonds. The first kappa shape index (κ1) is 22.3. The number of amides is 3. The van der Waals surface area contributed by atoms with E-state index >= 15 is 0 Å². The van der Waals surface area contributed by atoms with Crippen LogP contribution in [0.1, 0.15) is 18.7 Å². The summed E-state index contributed by atoms with van der Waals surface area (Å²) in [6, 6.07) is 9.01. The Hall–Kier alpha value is -4.41. The van der Waals surface area contributed by atoms with Crippen LogP contribution in [0, 0.1) is 0 Å². The van der Waals surface area contributed by atoms with Gasteiger partial charge in [-0.15, -0.1) is 0 Å². The van der Waals surface area contributed by atoms with Crippen molar-refractivity contribution in [3.63, 3.8) is 0 Å². The van der Waals surface area contributed by atoms with Crippen molar-refractivity contribution in [3.8, 4) is 0 Å². The maximum atomic E-state index is 12.8. The third kappa shape index (κ3) is 5.81. The van der Waals surface area contributed by atoms with E-state index in [1.807, 2.05) is 12.1 Å². The number of benzene rings is 1. The number of nitrogens with one attached hydrogen (secondary N) is 2. The summed E-state index contributed by atoms with van der Waals surface area (Å²) >= 11 is 0. The number of fused-ring (bicyclic) bond motifs is 1. The lowest BCUT2D eigenvalue weighted by atomic mass is 10.1. The Morgan fingerprint density at radius 2 is 2.00 bits per heavy atom. The number of hydrogen-bond acceptors (Lipinski definition) is 6. The van der Waals surface area contributed by atoms with Crippen molar-refractivity contribution in [2.24, 2.45) is 5.73 Å². The van der Waals surface area contributed by atoms with Crippen molar-refractivity contribution < 1.29 is 23.9 Å². The molecule has 0 spiro atoms. The van der Waals surface area contributed by atoms with E-state index in [0.29, 0.717) is 17.0 Å². The summed E-state index contributed by atoms with van der Waals surface area (Å²) in [5.74, 6) is -1.04. The highest BCUT2D eigenvalue weighted by atomic mass is 16.4. The first-order valence-corrected chi connectivity index (χ1v) is 9.63. The van der Waals surface area contributed by atoms with Gasteiger partial charge in [0.25, 0.3) is 5.56 Å². The van der Waals surface area contributed by atoms with Crippen molar-refractivity contribution in [2.75, 3.05) is 5.32 Å². The predicted octanol–water partition coefficient (Wildman–Crippen LogP) is 1.43. The van der Waals surface area contributed by atoms with Crippen LogP contribution >= 0.6 is 0 Å². The molecule has 1 atom stereocenters. The molecule has 11 nitrogen and oxygen atoms in total. The number of pyridine rings is 1. The molecule has 0 aliphatic heterocycles. The molecule has 0 radical (unpaired) electrons. The molecule has 5 N–H and O–H groups in total. The number of aromatic nitrogens is 2. The molecule has 0 fully saturated rings. The van der Waals surface area contributed by atoms with Crippen LogP contribution in [0.5, 0.6) is 0 Å². The van der Waals surface area contributed by atoms with Crippen LogP contribution < -0.4 is 21.9 Å². The van der Waals surface area contributed by atoms with E-state index in [-0.39, 0.29) is 25.1 Å². The van der Waals surface area contributed by atoms with Crippen molar-refractivity contribution in [1.82, 2.24) is 14.9 Å². The van der Waals surface area contributed by atoms with E-state index in [1.54, 1.807) is 18.2 Å². The van der Waals surface area contributed by atoms with Gasteiger partial charge in [0.1, 0.15) is 23.8 Å². The van der Waals surface area contributed by atoms with Gasteiger partial charge in [0.2, 0.25) is 17.7 Å². The minimum absolute atomic E-state index is 0.0292. The fourth-order valence-electron chi connectivity index (χ4n) is 2.99. The van der Waals surface area contributed by atoms with Gasteiger partial charge in [-0.3, -0.25) is 14.4 Å². The fourth-order valence-corrected chi connectivity index (χ4v) is 2.99. The number of para-hydroxylation sites is 2. The third-order valence-corrected chi connectivity index (χ3v) is 4.44. The summed E-state index contributed by atoms with van der Waals surface area (Å²) in [6.45, 7) is 0.0476. The molecule has 0 aliphatic carbocycles. The second-order valence-corrected chi connectivity index (χ2v) is 6.80. The summed E-state index contributed by atoms with van der Waals surface area (Å²) in [5, 5.41) is 13.6. The molecule has 32 heavy (non-hydrogen) atoms. The molecule has 1 unspecified atom stereocenters. The highest BCUT2D eigenvalue weighted by Crippen LogP contribution is 2.15. The molecule has 1 aromatic carbocycles. The maximum absolute atomic E-state index is 12.8. The second-order valence-electron chi connectivity index (χ2n) is 6.80. The topological polar surface area (TPSA) is 170 Å². The SMILES string of the molecule is NC(=O)C=CCCC(NC(=O)O)C(=O)Nc1cccn(Cc2nc3ccccc3o2)c1=O. The van der Waals surface area contributed by atoms with Gasteiger partial charge in [0.05, 0.1) is 0 Å². The molecule has 0 bridgehead atoms. The van der Waals surface area contributed by atoms with Gasteiger partial charge < -0.3 is 30.5 Å². The van der Waals surface area contributed by atoms with Gasteiger partial charge in [0, 0.05) is 6.20 Å². The number of carbonyl (C=O) groups excluding carboxylic acids is 2. The summed E-state index contributed by atoms with van der Waals surface area (Å²) in [4.78, 5) is 51.5. The molecular formula is C21H21N5O6. The Morgan fingerprint density at radius 1 is 1.22 bits per heavy atom. The number of primary amides is 1. The fraction of sp³-hybridized carbons (Fsp3) is 0.190.